The summed E-state index contributed by atoms with van der Waals surface area (Å²) >= 11 is 1.75. The molecule has 3 aromatic rings. The normalized spacial score (nSPS) is 15.7. The molecular formula is C18H21N3O2S. The summed E-state index contributed by atoms with van der Waals surface area (Å²) in [4.78, 5) is 21.1. The molecule has 0 atom stereocenters. The number of aromatic nitrogens is 3. The second-order valence-electron chi connectivity index (χ2n) is 6.26. The number of methoxy groups -OCH3 is 1. The number of para-hydroxylation sites is 1. The van der Waals surface area contributed by atoms with Crippen molar-refractivity contribution in [3.05, 3.63) is 34.6 Å². The van der Waals surface area contributed by atoms with E-state index < -0.39 is 0 Å². The third-order valence-corrected chi connectivity index (χ3v) is 6.00. The molecule has 24 heavy (non-hydrogen) atoms. The summed E-state index contributed by atoms with van der Waals surface area (Å²) in [6.45, 7) is 1.04. The Morgan fingerprint density at radius 1 is 1.33 bits per heavy atom. The molecule has 0 bridgehead atoms. The predicted molar refractivity (Wildman–Crippen MR) is 97.8 cm³/mol. The minimum Gasteiger partial charge on any atom is -0.383 e. The van der Waals surface area contributed by atoms with Crippen molar-refractivity contribution in [2.24, 2.45) is 0 Å². The van der Waals surface area contributed by atoms with E-state index >= 15 is 0 Å². The van der Waals surface area contributed by atoms with Gasteiger partial charge in [-0.1, -0.05) is 42.8 Å². The van der Waals surface area contributed by atoms with Crippen molar-refractivity contribution in [3.8, 4) is 0 Å². The second kappa shape index (κ2) is 6.61. The number of nitrogens with one attached hydrogen (secondary N) is 1. The zero-order valence-electron chi connectivity index (χ0n) is 13.7. The molecule has 1 aliphatic rings. The highest BCUT2D eigenvalue weighted by Gasteiger charge is 2.21. The molecule has 126 valence electrons. The van der Waals surface area contributed by atoms with E-state index in [1.165, 1.54) is 25.7 Å². The summed E-state index contributed by atoms with van der Waals surface area (Å²) in [5, 5.41) is 2.39. The fourth-order valence-electron chi connectivity index (χ4n) is 3.40. The average molecular weight is 343 g/mol. The van der Waals surface area contributed by atoms with Gasteiger partial charge < -0.3 is 9.72 Å². The van der Waals surface area contributed by atoms with Crippen molar-refractivity contribution in [2.45, 2.75) is 42.6 Å². The van der Waals surface area contributed by atoms with Crippen LogP contribution in [0, 0.1) is 0 Å². The van der Waals surface area contributed by atoms with E-state index in [1.54, 1.807) is 23.4 Å². The second-order valence-corrected chi connectivity index (χ2v) is 7.53. The van der Waals surface area contributed by atoms with Gasteiger partial charge in [0.25, 0.3) is 5.56 Å². The molecule has 0 saturated heterocycles. The molecule has 2 aromatic heterocycles. The van der Waals surface area contributed by atoms with Gasteiger partial charge in [-0.05, 0) is 18.9 Å². The first kappa shape index (κ1) is 15.7. The van der Waals surface area contributed by atoms with Gasteiger partial charge in [0.05, 0.1) is 13.2 Å². The number of rotatable bonds is 5. The Balaban J connectivity index is 1.89. The number of benzene rings is 1. The number of fused-ring (bicyclic) bond motifs is 3. The SMILES string of the molecule is COCCn1c(SC2CCCC2)nc2c([nH]c3ccccc32)c1=O. The first-order chi connectivity index (χ1) is 11.8. The number of hydrogen-bond acceptors (Lipinski definition) is 4. The summed E-state index contributed by atoms with van der Waals surface area (Å²) in [5.41, 5.74) is 2.32. The van der Waals surface area contributed by atoms with E-state index in [9.17, 15) is 4.79 Å². The van der Waals surface area contributed by atoms with Crippen LogP contribution in [-0.2, 0) is 11.3 Å². The Kier molecular flexibility index (Phi) is 4.33. The summed E-state index contributed by atoms with van der Waals surface area (Å²) in [5.74, 6) is 0. The maximum atomic E-state index is 13.0. The molecule has 1 aliphatic carbocycles. The zero-order valence-corrected chi connectivity index (χ0v) is 14.6. The van der Waals surface area contributed by atoms with Crippen LogP contribution in [0.5, 0.6) is 0 Å². The third kappa shape index (κ3) is 2.74. The minimum atomic E-state index is -0.00579. The van der Waals surface area contributed by atoms with Crippen molar-refractivity contribution < 1.29 is 4.74 Å². The molecule has 0 aliphatic heterocycles. The first-order valence-electron chi connectivity index (χ1n) is 8.45. The lowest BCUT2D eigenvalue weighted by molar-refractivity contribution is 0.183. The van der Waals surface area contributed by atoms with Gasteiger partial charge in [0.2, 0.25) is 0 Å². The molecule has 2 heterocycles. The van der Waals surface area contributed by atoms with E-state index in [2.05, 4.69) is 4.98 Å². The molecule has 0 radical (unpaired) electrons. The van der Waals surface area contributed by atoms with E-state index in [-0.39, 0.29) is 5.56 Å². The van der Waals surface area contributed by atoms with E-state index in [1.807, 2.05) is 24.3 Å². The number of H-pyrrole nitrogens is 1. The molecule has 1 fully saturated rings. The maximum absolute atomic E-state index is 13.0. The van der Waals surface area contributed by atoms with Gasteiger partial charge in [-0.3, -0.25) is 9.36 Å². The predicted octanol–water partition coefficient (Wildman–Crippen LogP) is 3.56. The Morgan fingerprint density at radius 3 is 2.92 bits per heavy atom. The van der Waals surface area contributed by atoms with Crippen LogP contribution in [0.25, 0.3) is 21.9 Å². The van der Waals surface area contributed by atoms with Crippen LogP contribution >= 0.6 is 11.8 Å². The Morgan fingerprint density at radius 2 is 2.12 bits per heavy atom. The van der Waals surface area contributed by atoms with Gasteiger partial charge >= 0.3 is 0 Å². The lowest BCUT2D eigenvalue weighted by atomic mass is 10.2. The van der Waals surface area contributed by atoms with Gasteiger partial charge in [0.1, 0.15) is 11.0 Å². The number of aromatic amines is 1. The molecule has 1 saturated carbocycles. The Hall–Kier alpha value is -1.79. The van der Waals surface area contributed by atoms with Gasteiger partial charge in [0, 0.05) is 23.3 Å². The molecule has 1 aromatic carbocycles. The standard InChI is InChI=1S/C18H21N3O2S/c1-23-11-10-21-17(22)16-15(13-8-4-5-9-14(13)19-16)20-18(21)24-12-6-2-3-7-12/h4-5,8-9,12,19H,2-3,6-7,10-11H2,1H3. The fourth-order valence-corrected chi connectivity index (χ4v) is 4.71. The molecule has 4 rings (SSSR count). The van der Waals surface area contributed by atoms with Gasteiger partial charge in [0.15, 0.2) is 5.16 Å². The molecule has 0 amide bonds. The Labute approximate surface area is 144 Å². The van der Waals surface area contributed by atoms with Crippen LogP contribution in [0.3, 0.4) is 0 Å². The highest BCUT2D eigenvalue weighted by Crippen LogP contribution is 2.34. The van der Waals surface area contributed by atoms with Crippen molar-refractivity contribution in [1.29, 1.82) is 0 Å². The third-order valence-electron chi connectivity index (χ3n) is 4.67. The summed E-state index contributed by atoms with van der Waals surface area (Å²) < 4.78 is 6.96. The van der Waals surface area contributed by atoms with E-state index in [0.29, 0.717) is 23.9 Å². The average Bonchev–Trinajstić information content (AvgIpc) is 3.23. The van der Waals surface area contributed by atoms with Crippen molar-refractivity contribution in [3.63, 3.8) is 0 Å². The van der Waals surface area contributed by atoms with Crippen LogP contribution in [0.4, 0.5) is 0 Å². The highest BCUT2D eigenvalue weighted by molar-refractivity contribution is 7.99. The summed E-state index contributed by atoms with van der Waals surface area (Å²) in [7, 11) is 1.66. The Bertz CT molecular complexity index is 925. The number of thioether (sulfide) groups is 1. The molecule has 0 spiro atoms. The lowest BCUT2D eigenvalue weighted by Crippen LogP contribution is -2.25. The van der Waals surface area contributed by atoms with Crippen LogP contribution in [-0.4, -0.2) is 33.5 Å². The van der Waals surface area contributed by atoms with Crippen LogP contribution in [0.15, 0.2) is 34.2 Å². The monoisotopic (exact) mass is 343 g/mol. The number of ether oxygens (including phenoxy) is 1. The van der Waals surface area contributed by atoms with E-state index in [4.69, 9.17) is 9.72 Å². The molecule has 1 N–H and O–H groups in total. The fraction of sp³-hybridized carbons (Fsp3) is 0.444. The van der Waals surface area contributed by atoms with Crippen molar-refractivity contribution in [1.82, 2.24) is 14.5 Å². The molecule has 6 heteroatoms. The molecular weight excluding hydrogens is 322 g/mol. The topological polar surface area (TPSA) is 59.9 Å². The lowest BCUT2D eigenvalue weighted by Gasteiger charge is -2.14. The van der Waals surface area contributed by atoms with Gasteiger partial charge in [-0.25, -0.2) is 4.98 Å². The van der Waals surface area contributed by atoms with Crippen molar-refractivity contribution in [2.75, 3.05) is 13.7 Å². The van der Waals surface area contributed by atoms with Crippen LogP contribution < -0.4 is 5.56 Å². The quantitative estimate of drug-likeness (QED) is 0.720. The minimum absolute atomic E-state index is 0.00579. The van der Waals surface area contributed by atoms with Crippen molar-refractivity contribution >= 4 is 33.7 Å². The highest BCUT2D eigenvalue weighted by atomic mass is 32.2. The molecule has 5 nitrogen and oxygen atoms in total. The summed E-state index contributed by atoms with van der Waals surface area (Å²) in [6, 6.07) is 7.96. The van der Waals surface area contributed by atoms with Crippen LogP contribution in [0.2, 0.25) is 0 Å². The van der Waals surface area contributed by atoms with Gasteiger partial charge in [-0.15, -0.1) is 0 Å². The van der Waals surface area contributed by atoms with Crippen LogP contribution in [0.1, 0.15) is 25.7 Å². The first-order valence-corrected chi connectivity index (χ1v) is 9.33. The largest absolute Gasteiger partial charge is 0.383 e. The molecule has 0 unspecified atom stereocenters. The van der Waals surface area contributed by atoms with E-state index in [0.717, 1.165) is 21.6 Å². The maximum Gasteiger partial charge on any atom is 0.278 e. The number of hydrogen-bond donors (Lipinski definition) is 1. The number of nitrogens with zero attached hydrogens (tertiary/aromatic N) is 2. The van der Waals surface area contributed by atoms with Gasteiger partial charge in [-0.2, -0.15) is 0 Å². The summed E-state index contributed by atoms with van der Waals surface area (Å²) in [6.07, 6.45) is 4.96. The smallest absolute Gasteiger partial charge is 0.278 e. The zero-order chi connectivity index (χ0) is 16.5.